The molecule has 22 heteroatoms. The SMILES string of the molecule is CC(C)(CN)COC(C)(C)CNC(=O)COc1cccc2c1C(=O)N(C1CCC(=O)NC1=O)C2=O.CCC(C(=O)N1CCCCC1)c1cc(OC)c(OC)c(OC)c1.COc1ccc(CCC(OC=O)c2ccccc2OCC=O)cc1OC. The van der Waals surface area contributed by atoms with Crippen molar-refractivity contribution in [1.82, 2.24) is 20.4 Å². The summed E-state index contributed by atoms with van der Waals surface area (Å²) in [5.41, 5.74) is 7.62. The number of aldehydes is 1. The van der Waals surface area contributed by atoms with Crippen molar-refractivity contribution < 1.29 is 81.0 Å². The second-order valence-electron chi connectivity index (χ2n) is 21.4. The molecule has 3 aliphatic rings. The van der Waals surface area contributed by atoms with Gasteiger partial charge in [0.05, 0.1) is 64.8 Å². The van der Waals surface area contributed by atoms with Crippen molar-refractivity contribution in [2.45, 2.75) is 110 Å². The zero-order valence-electron chi connectivity index (χ0n) is 49.8. The van der Waals surface area contributed by atoms with Crippen LogP contribution >= 0.6 is 0 Å². The van der Waals surface area contributed by atoms with Gasteiger partial charge in [-0.1, -0.05) is 51.1 Å². The van der Waals surface area contributed by atoms with Gasteiger partial charge in [0, 0.05) is 37.0 Å². The number of carbonyl (C=O) groups is 8. The maximum Gasteiger partial charge on any atom is 0.293 e. The molecule has 456 valence electrons. The number of methoxy groups -OCH3 is 5. The number of aryl methyl sites for hydroxylation is 1. The predicted molar refractivity (Wildman–Crippen MR) is 310 cm³/mol. The molecule has 3 atom stereocenters. The largest absolute Gasteiger partial charge is 0.493 e. The number of carbonyl (C=O) groups excluding carboxylic acids is 8. The summed E-state index contributed by atoms with van der Waals surface area (Å²) in [6, 6.07) is 20.0. The van der Waals surface area contributed by atoms with Crippen molar-refractivity contribution in [3.05, 3.63) is 101 Å². The Morgan fingerprint density at radius 1 is 0.774 bits per heavy atom. The van der Waals surface area contributed by atoms with Crippen LogP contribution in [0.4, 0.5) is 0 Å². The highest BCUT2D eigenvalue weighted by Crippen LogP contribution is 2.41. The lowest BCUT2D eigenvalue weighted by atomic mass is 9.93. The lowest BCUT2D eigenvalue weighted by molar-refractivity contribution is -0.137. The number of para-hydroxylation sites is 1. The number of hydrogen-bond donors (Lipinski definition) is 3. The molecule has 0 bridgehead atoms. The first kappa shape index (κ1) is 66.6. The molecular formula is C62H81N5O17. The van der Waals surface area contributed by atoms with Gasteiger partial charge < -0.3 is 58.6 Å². The molecule has 0 aliphatic carbocycles. The van der Waals surface area contributed by atoms with E-state index < -0.39 is 47.3 Å². The number of hydrogen-bond acceptors (Lipinski definition) is 18. The fourth-order valence-corrected chi connectivity index (χ4v) is 9.50. The van der Waals surface area contributed by atoms with Crippen LogP contribution in [0.3, 0.4) is 0 Å². The van der Waals surface area contributed by atoms with Crippen LogP contribution in [0.2, 0.25) is 0 Å². The second-order valence-corrected chi connectivity index (χ2v) is 21.4. The molecule has 0 aromatic heterocycles. The van der Waals surface area contributed by atoms with Crippen LogP contribution in [-0.2, 0) is 44.7 Å². The molecule has 0 spiro atoms. The molecule has 0 saturated carbocycles. The Morgan fingerprint density at radius 2 is 1.44 bits per heavy atom. The van der Waals surface area contributed by atoms with Gasteiger partial charge in [-0.2, -0.15) is 0 Å². The van der Waals surface area contributed by atoms with E-state index in [9.17, 15) is 38.4 Å². The monoisotopic (exact) mass is 1170 g/mol. The number of imide groups is 2. The van der Waals surface area contributed by atoms with Gasteiger partial charge in [0.15, 0.2) is 35.9 Å². The number of piperidine rings is 2. The molecule has 2 fully saturated rings. The number of likely N-dealkylation sites (tertiary alicyclic amines) is 1. The van der Waals surface area contributed by atoms with Crippen molar-refractivity contribution in [2.75, 3.05) is 81.5 Å². The van der Waals surface area contributed by atoms with Crippen molar-refractivity contribution in [2.24, 2.45) is 11.1 Å². The highest BCUT2D eigenvalue weighted by Gasteiger charge is 2.46. The van der Waals surface area contributed by atoms with E-state index >= 15 is 0 Å². The first-order valence-electron chi connectivity index (χ1n) is 27.9. The number of rotatable bonds is 27. The number of amides is 6. The molecule has 6 amide bonds. The summed E-state index contributed by atoms with van der Waals surface area (Å²) in [6.45, 7) is 12.5. The van der Waals surface area contributed by atoms with E-state index in [0.717, 1.165) is 53.9 Å². The van der Waals surface area contributed by atoms with Gasteiger partial charge in [0.1, 0.15) is 30.3 Å². The van der Waals surface area contributed by atoms with Crippen LogP contribution in [0.5, 0.6) is 40.2 Å². The third-order valence-corrected chi connectivity index (χ3v) is 14.3. The zero-order valence-corrected chi connectivity index (χ0v) is 49.8. The van der Waals surface area contributed by atoms with Gasteiger partial charge in [-0.05, 0) is 119 Å². The molecule has 4 aromatic carbocycles. The molecule has 4 aromatic rings. The van der Waals surface area contributed by atoms with Crippen LogP contribution in [0, 0.1) is 5.41 Å². The summed E-state index contributed by atoms with van der Waals surface area (Å²) < 4.78 is 48.9. The van der Waals surface area contributed by atoms with Crippen LogP contribution in [-0.4, -0.2) is 151 Å². The molecule has 4 N–H and O–H groups in total. The van der Waals surface area contributed by atoms with Gasteiger partial charge in [-0.15, -0.1) is 0 Å². The van der Waals surface area contributed by atoms with Gasteiger partial charge in [-0.3, -0.25) is 48.6 Å². The number of benzene rings is 4. The first-order chi connectivity index (χ1) is 40.2. The van der Waals surface area contributed by atoms with Crippen molar-refractivity contribution in [3.8, 4) is 40.2 Å². The highest BCUT2D eigenvalue weighted by atomic mass is 16.5. The fourth-order valence-electron chi connectivity index (χ4n) is 9.50. The summed E-state index contributed by atoms with van der Waals surface area (Å²) >= 11 is 0. The molecule has 22 nitrogen and oxygen atoms in total. The Morgan fingerprint density at radius 3 is 2.05 bits per heavy atom. The van der Waals surface area contributed by atoms with Gasteiger partial charge in [-0.25, -0.2) is 0 Å². The predicted octanol–water partition coefficient (Wildman–Crippen LogP) is 6.71. The summed E-state index contributed by atoms with van der Waals surface area (Å²) in [5, 5.41) is 4.89. The van der Waals surface area contributed by atoms with E-state index in [4.69, 9.17) is 48.4 Å². The fraction of sp³-hybridized carbons (Fsp3) is 0.484. The average molecular weight is 1170 g/mol. The minimum atomic E-state index is -1.08. The van der Waals surface area contributed by atoms with Crippen LogP contribution in [0.15, 0.2) is 72.8 Å². The van der Waals surface area contributed by atoms with E-state index in [-0.39, 0.29) is 66.7 Å². The smallest absolute Gasteiger partial charge is 0.293 e. The molecule has 84 heavy (non-hydrogen) atoms. The number of fused-ring (bicyclic) bond motifs is 1. The van der Waals surface area contributed by atoms with Crippen LogP contribution in [0.25, 0.3) is 0 Å². The first-order valence-corrected chi connectivity index (χ1v) is 27.9. The Kier molecular flexibility index (Phi) is 25.3. The summed E-state index contributed by atoms with van der Waals surface area (Å²) in [7, 11) is 7.93. The minimum absolute atomic E-state index is 0.0114. The maximum atomic E-state index is 13.1. The third kappa shape index (κ3) is 17.9. The number of ether oxygens (including phenoxy) is 9. The molecule has 3 heterocycles. The van der Waals surface area contributed by atoms with E-state index in [1.165, 1.54) is 24.6 Å². The molecular weight excluding hydrogens is 1090 g/mol. The van der Waals surface area contributed by atoms with Crippen LogP contribution in [0.1, 0.15) is 129 Å². The van der Waals surface area contributed by atoms with Gasteiger partial charge in [0.2, 0.25) is 23.5 Å². The van der Waals surface area contributed by atoms with E-state index in [0.29, 0.717) is 73.2 Å². The Bertz CT molecular complexity index is 2900. The molecule has 2 saturated heterocycles. The lowest BCUT2D eigenvalue weighted by Crippen LogP contribution is -2.54. The van der Waals surface area contributed by atoms with Crippen molar-refractivity contribution in [3.63, 3.8) is 0 Å². The Labute approximate surface area is 491 Å². The lowest BCUT2D eigenvalue weighted by Gasteiger charge is -2.31. The summed E-state index contributed by atoms with van der Waals surface area (Å²) in [5.74, 6) is 0.715. The quantitative estimate of drug-likeness (QED) is 0.0413. The highest BCUT2D eigenvalue weighted by molar-refractivity contribution is 6.24. The standard InChI is InChI=1S/C24H32N4O7.C20H22O6.C18H27NO4/c1-23(2,11-25)13-35-24(3,4)12-26-18(30)10-34-16-7-5-6-14-19(16)22(33)28(21(14)32)15-8-9-17(29)27-20(15)31;1-23-19-10-8-15(13-20(19)24-2)7-9-18(26-14-22)16-5-3-4-6-17(16)25-12-11-21;1-5-14(18(20)19-9-7-6-8-10-19)13-11-15(21-2)17(23-4)16(12-13)22-3/h5-7,15H,8-13,25H2,1-4H3,(H,26,30)(H,27,29,31);3-6,8,10-11,13-14,18H,7,9,12H2,1-2H3;11-12,14H,5-10H2,1-4H3. The van der Waals surface area contributed by atoms with Gasteiger partial charge in [0.25, 0.3) is 24.2 Å². The van der Waals surface area contributed by atoms with Crippen LogP contribution < -0.4 is 49.5 Å². The van der Waals surface area contributed by atoms with Gasteiger partial charge >= 0.3 is 0 Å². The molecule has 7 rings (SSSR count). The summed E-state index contributed by atoms with van der Waals surface area (Å²) in [4.78, 5) is 99.3. The third-order valence-electron chi connectivity index (χ3n) is 14.3. The minimum Gasteiger partial charge on any atom is -0.493 e. The second kappa shape index (κ2) is 32.0. The Hall–Kier alpha value is -8.24. The van der Waals surface area contributed by atoms with E-state index in [1.54, 1.807) is 47.7 Å². The topological polar surface area (TPSA) is 276 Å². The number of nitrogens with two attached hydrogens (primary N) is 1. The average Bonchev–Trinajstić information content (AvgIpc) is 2.71. The molecule has 3 unspecified atom stereocenters. The molecule has 3 aliphatic heterocycles. The normalized spacial score (nSPS) is 15.5. The Balaban J connectivity index is 0.000000237. The van der Waals surface area contributed by atoms with E-state index in [2.05, 4.69) is 10.6 Å². The summed E-state index contributed by atoms with van der Waals surface area (Å²) in [6.07, 6.45) is 5.62. The zero-order chi connectivity index (χ0) is 61.6. The van der Waals surface area contributed by atoms with Crippen molar-refractivity contribution >= 4 is 48.2 Å². The number of nitrogens with zero attached hydrogens (tertiary/aromatic N) is 2. The number of nitrogens with one attached hydrogen (secondary N) is 2. The van der Waals surface area contributed by atoms with E-state index in [1.807, 2.05) is 82.0 Å². The van der Waals surface area contributed by atoms with Crippen molar-refractivity contribution in [1.29, 1.82) is 0 Å². The maximum absolute atomic E-state index is 13.1. The molecule has 0 radical (unpaired) electrons.